The minimum absolute atomic E-state index is 0.0251. The lowest BCUT2D eigenvalue weighted by Gasteiger charge is -2.19. The molecule has 5 rings (SSSR count). The lowest BCUT2D eigenvalue weighted by Crippen LogP contribution is -2.24. The Labute approximate surface area is 221 Å². The maximum absolute atomic E-state index is 12.9. The number of nitro groups is 1. The fourth-order valence-electron chi connectivity index (χ4n) is 4.64. The molecule has 1 heterocycles. The Morgan fingerprint density at radius 2 is 1.58 bits per heavy atom. The third-order valence-corrected chi connectivity index (χ3v) is 6.79. The van der Waals surface area contributed by atoms with E-state index in [1.807, 2.05) is 4.90 Å². The van der Waals surface area contributed by atoms with Crippen LogP contribution in [-0.4, -0.2) is 48.1 Å². The van der Waals surface area contributed by atoms with Crippen molar-refractivity contribution in [3.63, 3.8) is 0 Å². The molecule has 0 aromatic heterocycles. The van der Waals surface area contributed by atoms with Crippen LogP contribution in [0.4, 0.5) is 17.1 Å². The molecule has 38 heavy (non-hydrogen) atoms. The van der Waals surface area contributed by atoms with Gasteiger partial charge in [0.05, 0.1) is 21.2 Å². The number of anilines is 2. The van der Waals surface area contributed by atoms with Gasteiger partial charge in [-0.3, -0.25) is 24.5 Å². The molecule has 0 radical (unpaired) electrons. The molecule has 0 saturated carbocycles. The number of esters is 1. The van der Waals surface area contributed by atoms with Gasteiger partial charge in [-0.2, -0.15) is 0 Å². The molecule has 3 aromatic carbocycles. The molecule has 1 fully saturated rings. The first-order valence-electron chi connectivity index (χ1n) is 11.8. The van der Waals surface area contributed by atoms with Gasteiger partial charge >= 0.3 is 5.97 Å². The van der Waals surface area contributed by atoms with Crippen LogP contribution in [-0.2, 0) is 9.53 Å². The Morgan fingerprint density at radius 1 is 0.947 bits per heavy atom. The average Bonchev–Trinajstić information content (AvgIpc) is 3.46. The first-order valence-corrected chi connectivity index (χ1v) is 12.1. The number of nitrogens with one attached hydrogen (secondary N) is 1. The topological polar surface area (TPSA) is 136 Å². The molecule has 0 atom stereocenters. The number of carbonyl (C=O) groups excluding carboxylic acids is 4. The van der Waals surface area contributed by atoms with Crippen molar-refractivity contribution in [2.45, 2.75) is 12.8 Å². The van der Waals surface area contributed by atoms with Crippen molar-refractivity contribution >= 4 is 52.1 Å². The molecule has 2 aliphatic rings. The highest BCUT2D eigenvalue weighted by Crippen LogP contribution is 2.34. The van der Waals surface area contributed by atoms with Crippen LogP contribution in [0.25, 0.3) is 0 Å². The Morgan fingerprint density at radius 3 is 2.21 bits per heavy atom. The maximum Gasteiger partial charge on any atom is 0.338 e. The van der Waals surface area contributed by atoms with Gasteiger partial charge in [0.25, 0.3) is 11.6 Å². The van der Waals surface area contributed by atoms with Crippen LogP contribution in [0.1, 0.15) is 55.0 Å². The van der Waals surface area contributed by atoms with E-state index in [-0.39, 0.29) is 55.8 Å². The van der Waals surface area contributed by atoms with Crippen molar-refractivity contribution in [3.05, 3.63) is 97.6 Å². The number of rotatable bonds is 6. The van der Waals surface area contributed by atoms with Crippen LogP contribution in [0.2, 0.25) is 5.02 Å². The quantitative estimate of drug-likeness (QED) is 0.218. The Bertz CT molecular complexity index is 1530. The van der Waals surface area contributed by atoms with Gasteiger partial charge < -0.3 is 15.0 Å². The van der Waals surface area contributed by atoms with Gasteiger partial charge in [0.15, 0.2) is 18.2 Å². The molecule has 192 valence electrons. The zero-order valence-electron chi connectivity index (χ0n) is 19.9. The predicted octanol–water partition coefficient (Wildman–Crippen LogP) is 4.42. The second kappa shape index (κ2) is 10.1. The molecule has 0 unspecified atom stereocenters. The summed E-state index contributed by atoms with van der Waals surface area (Å²) in [5.41, 5.74) is 0.964. The molecule has 1 N–H and O–H groups in total. The first-order chi connectivity index (χ1) is 18.2. The molecule has 1 aliphatic heterocycles. The molecule has 1 amide bonds. The van der Waals surface area contributed by atoms with Gasteiger partial charge in [0.1, 0.15) is 5.69 Å². The summed E-state index contributed by atoms with van der Waals surface area (Å²) in [6.45, 7) is 0.689. The van der Waals surface area contributed by atoms with E-state index >= 15 is 0 Å². The predicted molar refractivity (Wildman–Crippen MR) is 138 cm³/mol. The molecule has 3 aromatic rings. The van der Waals surface area contributed by atoms with E-state index in [4.69, 9.17) is 16.3 Å². The van der Waals surface area contributed by atoms with Gasteiger partial charge in [-0.1, -0.05) is 35.9 Å². The van der Waals surface area contributed by atoms with Crippen molar-refractivity contribution < 1.29 is 28.8 Å². The van der Waals surface area contributed by atoms with Gasteiger partial charge in [0, 0.05) is 41.4 Å². The van der Waals surface area contributed by atoms with Crippen LogP contribution in [0.15, 0.2) is 54.6 Å². The van der Waals surface area contributed by atoms with E-state index in [0.29, 0.717) is 18.8 Å². The number of benzene rings is 3. The number of hydrogen-bond acceptors (Lipinski definition) is 8. The minimum Gasteiger partial charge on any atom is -0.452 e. The number of ether oxygens (including phenoxy) is 1. The van der Waals surface area contributed by atoms with Crippen LogP contribution in [0.5, 0.6) is 0 Å². The van der Waals surface area contributed by atoms with E-state index in [2.05, 4.69) is 5.32 Å². The summed E-state index contributed by atoms with van der Waals surface area (Å²) < 4.78 is 5.05. The second-order valence-corrected chi connectivity index (χ2v) is 9.27. The van der Waals surface area contributed by atoms with Crippen molar-refractivity contribution in [2.24, 2.45) is 0 Å². The largest absolute Gasteiger partial charge is 0.452 e. The first kappa shape index (κ1) is 25.1. The summed E-state index contributed by atoms with van der Waals surface area (Å²) in [5.74, 6) is -2.40. The van der Waals surface area contributed by atoms with E-state index in [9.17, 15) is 29.3 Å². The van der Waals surface area contributed by atoms with E-state index in [0.717, 1.165) is 18.9 Å². The summed E-state index contributed by atoms with van der Waals surface area (Å²) >= 11 is 6.27. The van der Waals surface area contributed by atoms with Crippen LogP contribution in [0, 0.1) is 10.1 Å². The molecule has 0 spiro atoms. The number of hydrogen-bond donors (Lipinski definition) is 1. The summed E-state index contributed by atoms with van der Waals surface area (Å²) in [6.07, 6.45) is 1.87. The number of amides is 1. The lowest BCUT2D eigenvalue weighted by atomic mass is 9.84. The summed E-state index contributed by atoms with van der Waals surface area (Å²) in [5, 5.41) is 14.1. The van der Waals surface area contributed by atoms with Crippen molar-refractivity contribution in [1.29, 1.82) is 0 Å². The van der Waals surface area contributed by atoms with E-state index in [1.165, 1.54) is 24.3 Å². The summed E-state index contributed by atoms with van der Waals surface area (Å²) in [4.78, 5) is 63.7. The molecule has 1 saturated heterocycles. The van der Waals surface area contributed by atoms with Crippen molar-refractivity contribution in [2.75, 3.05) is 29.9 Å². The molecule has 10 nitrogen and oxygen atoms in total. The fraction of sp³-hybridized carbons (Fsp3) is 0.185. The third kappa shape index (κ3) is 4.61. The maximum atomic E-state index is 12.9. The number of fused-ring (bicyclic) bond motifs is 2. The molecular formula is C27H20ClN3O7. The highest BCUT2D eigenvalue weighted by Gasteiger charge is 2.31. The van der Waals surface area contributed by atoms with Crippen LogP contribution >= 0.6 is 11.6 Å². The number of nitro benzene ring substituents is 1. The number of halogens is 1. The van der Waals surface area contributed by atoms with Crippen LogP contribution in [0.3, 0.4) is 0 Å². The highest BCUT2D eigenvalue weighted by atomic mass is 35.5. The average molecular weight is 534 g/mol. The minimum atomic E-state index is -0.912. The standard InChI is InChI=1S/C27H20ClN3O7/c28-20-12-18-19(26(34)17-6-2-1-5-16(17)25(18)33)13-21(20)29-24(32)14-38-27(35)15-7-8-22(23(11-15)31(36)37)30-9-3-4-10-30/h1-2,5-8,11-13H,3-4,9-10,14H2,(H,29,32). The normalized spacial score (nSPS) is 14.1. The molecule has 0 bridgehead atoms. The van der Waals surface area contributed by atoms with Crippen molar-refractivity contribution in [1.82, 2.24) is 0 Å². The van der Waals surface area contributed by atoms with Gasteiger partial charge in [-0.05, 0) is 37.1 Å². The highest BCUT2D eigenvalue weighted by molar-refractivity contribution is 6.36. The number of nitrogens with zero attached hydrogens (tertiary/aromatic N) is 2. The summed E-state index contributed by atoms with van der Waals surface area (Å²) in [6, 6.07) is 13.1. The Kier molecular flexibility index (Phi) is 6.64. The smallest absolute Gasteiger partial charge is 0.338 e. The molecule has 1 aliphatic carbocycles. The molecule has 11 heteroatoms. The fourth-order valence-corrected chi connectivity index (χ4v) is 4.85. The van der Waals surface area contributed by atoms with Crippen molar-refractivity contribution in [3.8, 4) is 0 Å². The second-order valence-electron chi connectivity index (χ2n) is 8.86. The SMILES string of the molecule is O=C(COC(=O)c1ccc(N2CCCC2)c([N+](=O)[O-])c1)Nc1cc2c(cc1Cl)C(=O)c1ccccc1C2=O. The lowest BCUT2D eigenvalue weighted by molar-refractivity contribution is -0.384. The van der Waals surface area contributed by atoms with Crippen LogP contribution < -0.4 is 10.2 Å². The zero-order chi connectivity index (χ0) is 27.0. The Hall–Kier alpha value is -4.57. The Balaban J connectivity index is 1.28. The van der Waals surface area contributed by atoms with E-state index in [1.54, 1.807) is 24.3 Å². The number of ketones is 2. The molecular weight excluding hydrogens is 514 g/mol. The number of carbonyl (C=O) groups is 4. The van der Waals surface area contributed by atoms with E-state index < -0.39 is 23.4 Å². The van der Waals surface area contributed by atoms with Gasteiger partial charge in [0.2, 0.25) is 0 Å². The monoisotopic (exact) mass is 533 g/mol. The summed E-state index contributed by atoms with van der Waals surface area (Å²) in [7, 11) is 0. The zero-order valence-corrected chi connectivity index (χ0v) is 20.6. The van der Waals surface area contributed by atoms with Gasteiger partial charge in [-0.15, -0.1) is 0 Å². The van der Waals surface area contributed by atoms with Gasteiger partial charge in [-0.25, -0.2) is 4.79 Å². The third-order valence-electron chi connectivity index (χ3n) is 6.48.